The lowest BCUT2D eigenvalue weighted by molar-refractivity contribution is -0.135. The van der Waals surface area contributed by atoms with Crippen molar-refractivity contribution in [2.45, 2.75) is 19.4 Å². The van der Waals surface area contributed by atoms with Gasteiger partial charge in [-0.3, -0.25) is 5.01 Å². The van der Waals surface area contributed by atoms with Gasteiger partial charge in [-0.15, -0.1) is 0 Å². The first-order valence-corrected chi connectivity index (χ1v) is 8.53. The van der Waals surface area contributed by atoms with Gasteiger partial charge in [-0.2, -0.15) is 5.10 Å². The van der Waals surface area contributed by atoms with Crippen LogP contribution in [0.4, 0.5) is 5.69 Å². The third-order valence-corrected chi connectivity index (χ3v) is 4.07. The molecule has 1 atom stereocenters. The maximum atomic E-state index is 12.7. The Labute approximate surface area is 156 Å². The van der Waals surface area contributed by atoms with Crippen molar-refractivity contribution in [1.29, 1.82) is 0 Å². The molecule has 0 aliphatic carbocycles. The molecule has 2 aromatic carbocycles. The van der Waals surface area contributed by atoms with Gasteiger partial charge >= 0.3 is 11.9 Å². The van der Waals surface area contributed by atoms with E-state index in [0.717, 1.165) is 0 Å². The average Bonchev–Trinajstić information content (AvgIpc) is 3.10. The number of rotatable bonds is 5. The first-order valence-electron chi connectivity index (χ1n) is 8.15. The number of anilines is 1. The van der Waals surface area contributed by atoms with Gasteiger partial charge in [0, 0.05) is 6.42 Å². The molecule has 26 heavy (non-hydrogen) atoms. The zero-order chi connectivity index (χ0) is 18.5. The van der Waals surface area contributed by atoms with Crippen molar-refractivity contribution in [3.63, 3.8) is 0 Å². The molecule has 3 rings (SSSR count). The molecule has 0 spiro atoms. The number of carbonyl (C=O) groups is 2. The molecule has 0 aromatic heterocycles. The highest BCUT2D eigenvalue weighted by Gasteiger charge is 2.38. The zero-order valence-electron chi connectivity index (χ0n) is 14.1. The second-order valence-corrected chi connectivity index (χ2v) is 5.93. The van der Waals surface area contributed by atoms with E-state index in [-0.39, 0.29) is 24.5 Å². The van der Waals surface area contributed by atoms with Gasteiger partial charge in [0.2, 0.25) is 0 Å². The largest absolute Gasteiger partial charge is 0.461 e. The van der Waals surface area contributed by atoms with Crippen molar-refractivity contribution in [3.05, 3.63) is 59.6 Å². The highest BCUT2D eigenvalue weighted by molar-refractivity contribution is 6.38. The van der Waals surface area contributed by atoms with E-state index >= 15 is 0 Å². The van der Waals surface area contributed by atoms with Gasteiger partial charge < -0.3 is 9.47 Å². The summed E-state index contributed by atoms with van der Waals surface area (Å²) in [5.74, 6) is -0.830. The molecule has 0 fully saturated rings. The predicted molar refractivity (Wildman–Crippen MR) is 98.5 cm³/mol. The van der Waals surface area contributed by atoms with Crippen LogP contribution < -0.4 is 9.75 Å². The Morgan fingerprint density at radius 1 is 1.15 bits per heavy atom. The Bertz CT molecular complexity index is 838. The highest BCUT2D eigenvalue weighted by Crippen LogP contribution is 2.28. The summed E-state index contributed by atoms with van der Waals surface area (Å²) in [6.45, 7) is 1.95. The van der Waals surface area contributed by atoms with E-state index in [4.69, 9.17) is 21.1 Å². The number of carbonyl (C=O) groups excluding carboxylic acids is 2. The molecule has 0 N–H and O–H groups in total. The van der Waals surface area contributed by atoms with Crippen LogP contribution in [-0.4, -0.2) is 30.3 Å². The van der Waals surface area contributed by atoms with Crippen LogP contribution in [0.2, 0.25) is 5.02 Å². The van der Waals surface area contributed by atoms with Crippen LogP contribution in [0.1, 0.15) is 13.3 Å². The molecule has 2 aromatic rings. The maximum absolute atomic E-state index is 12.7. The van der Waals surface area contributed by atoms with Gasteiger partial charge in [-0.05, 0) is 31.2 Å². The van der Waals surface area contributed by atoms with E-state index in [1.165, 1.54) is 5.01 Å². The second kappa shape index (κ2) is 8.01. The highest BCUT2D eigenvalue weighted by atomic mass is 35.5. The molecule has 7 heteroatoms. The quantitative estimate of drug-likeness (QED) is 0.594. The third-order valence-electron chi connectivity index (χ3n) is 3.76. The van der Waals surface area contributed by atoms with Crippen molar-refractivity contribution in [2.75, 3.05) is 11.6 Å². The fraction of sp³-hybridized carbons (Fsp3) is 0.211. The topological polar surface area (TPSA) is 68.2 Å². The van der Waals surface area contributed by atoms with Gasteiger partial charge in [0.1, 0.15) is 11.5 Å². The molecule has 1 aliphatic heterocycles. The fourth-order valence-electron chi connectivity index (χ4n) is 2.55. The summed E-state index contributed by atoms with van der Waals surface area (Å²) in [4.78, 5) is 24.8. The number of halogens is 1. The fourth-order valence-corrected chi connectivity index (χ4v) is 2.73. The van der Waals surface area contributed by atoms with Crippen LogP contribution >= 0.6 is 11.6 Å². The van der Waals surface area contributed by atoms with Crippen LogP contribution in [0.3, 0.4) is 0 Å². The minimum Gasteiger partial charge on any atom is -0.461 e. The third kappa shape index (κ3) is 3.86. The average molecular weight is 373 g/mol. The molecule has 134 valence electrons. The summed E-state index contributed by atoms with van der Waals surface area (Å²) >= 11 is 6.06. The number of hydrazone groups is 1. The van der Waals surface area contributed by atoms with E-state index in [2.05, 4.69) is 5.10 Å². The van der Waals surface area contributed by atoms with Gasteiger partial charge in [-0.25, -0.2) is 9.59 Å². The number of benzene rings is 2. The molecular weight excluding hydrogens is 356 g/mol. The van der Waals surface area contributed by atoms with Crippen molar-refractivity contribution < 1.29 is 19.1 Å². The lowest BCUT2D eigenvalue weighted by Crippen LogP contribution is -2.37. The summed E-state index contributed by atoms with van der Waals surface area (Å²) in [6, 6.07) is 15.0. The molecule has 1 aliphatic rings. The Kier molecular flexibility index (Phi) is 5.53. The normalized spacial score (nSPS) is 16.2. The monoisotopic (exact) mass is 372 g/mol. The van der Waals surface area contributed by atoms with Crippen molar-refractivity contribution >= 4 is 34.9 Å². The first-order chi connectivity index (χ1) is 12.6. The summed E-state index contributed by atoms with van der Waals surface area (Å²) in [5, 5.41) is 6.09. The van der Waals surface area contributed by atoms with Crippen molar-refractivity contribution in [2.24, 2.45) is 5.10 Å². The number of nitrogens with zero attached hydrogens (tertiary/aromatic N) is 2. The Balaban J connectivity index is 1.85. The molecule has 0 amide bonds. The Morgan fingerprint density at radius 3 is 2.54 bits per heavy atom. The molecule has 0 saturated carbocycles. The van der Waals surface area contributed by atoms with Crippen molar-refractivity contribution in [1.82, 2.24) is 0 Å². The van der Waals surface area contributed by atoms with E-state index in [1.54, 1.807) is 43.3 Å². The maximum Gasteiger partial charge on any atom is 0.354 e. The summed E-state index contributed by atoms with van der Waals surface area (Å²) < 4.78 is 10.4. The van der Waals surface area contributed by atoms with Crippen LogP contribution in [0.15, 0.2) is 59.7 Å². The van der Waals surface area contributed by atoms with Gasteiger partial charge in [-0.1, -0.05) is 41.9 Å². The predicted octanol–water partition coefficient (Wildman–Crippen LogP) is 3.44. The zero-order valence-corrected chi connectivity index (χ0v) is 14.8. The van der Waals surface area contributed by atoms with Crippen molar-refractivity contribution in [3.8, 4) is 5.75 Å². The van der Waals surface area contributed by atoms with Crippen LogP contribution in [0, 0.1) is 0 Å². The van der Waals surface area contributed by atoms with E-state index in [1.807, 2.05) is 18.2 Å². The number of hydrogen-bond acceptors (Lipinski definition) is 6. The van der Waals surface area contributed by atoms with Gasteiger partial charge in [0.05, 0.1) is 17.3 Å². The standard InChI is InChI=1S/C19H17ClN2O4/c1-2-25-18(23)15-12-16(22(21-15)13-8-4-3-5-9-13)19(24)26-17-11-7-6-10-14(17)20/h3-11,16H,2,12H2,1H3. The van der Waals surface area contributed by atoms with Gasteiger partial charge in [0.25, 0.3) is 0 Å². The molecular formula is C19H17ClN2O4. The first kappa shape index (κ1) is 17.9. The Morgan fingerprint density at radius 2 is 1.85 bits per heavy atom. The van der Waals surface area contributed by atoms with E-state index < -0.39 is 18.0 Å². The number of esters is 2. The molecule has 1 heterocycles. The van der Waals surface area contributed by atoms with Crippen LogP contribution in [0.25, 0.3) is 0 Å². The van der Waals surface area contributed by atoms with Gasteiger partial charge in [0.15, 0.2) is 6.04 Å². The van der Waals surface area contributed by atoms with E-state index in [9.17, 15) is 9.59 Å². The minimum absolute atomic E-state index is 0.0943. The van der Waals surface area contributed by atoms with E-state index in [0.29, 0.717) is 10.7 Å². The minimum atomic E-state index is -0.784. The smallest absolute Gasteiger partial charge is 0.354 e. The molecule has 0 saturated heterocycles. The Hall–Kier alpha value is -2.86. The van der Waals surface area contributed by atoms with Crippen LogP contribution in [0.5, 0.6) is 5.75 Å². The summed E-state index contributed by atoms with van der Waals surface area (Å²) in [6.07, 6.45) is 0.0943. The summed E-state index contributed by atoms with van der Waals surface area (Å²) in [7, 11) is 0. The SMILES string of the molecule is CCOC(=O)C1=NN(c2ccccc2)C(C(=O)Oc2ccccc2Cl)C1. The van der Waals surface area contributed by atoms with Crippen LogP contribution in [-0.2, 0) is 14.3 Å². The number of ether oxygens (including phenoxy) is 2. The lowest BCUT2D eigenvalue weighted by Gasteiger charge is -2.22. The number of hydrogen-bond donors (Lipinski definition) is 0. The lowest BCUT2D eigenvalue weighted by atomic mass is 10.1. The second-order valence-electron chi connectivity index (χ2n) is 5.52. The number of para-hydroxylation sites is 2. The molecule has 1 unspecified atom stereocenters. The molecule has 6 nitrogen and oxygen atoms in total. The summed E-state index contributed by atoms with van der Waals surface area (Å²) in [5.41, 5.74) is 0.852. The molecule has 0 bridgehead atoms. The molecule has 0 radical (unpaired) electrons.